The van der Waals surface area contributed by atoms with E-state index in [1.807, 2.05) is 0 Å². The molecular weight excluding hydrogens is 164 g/mol. The third kappa shape index (κ3) is 1.04. The molecule has 0 aromatic carbocycles. The third-order valence-electron chi connectivity index (χ3n) is 2.97. The van der Waals surface area contributed by atoms with Gasteiger partial charge in [0.05, 0.1) is 6.54 Å². The summed E-state index contributed by atoms with van der Waals surface area (Å²) in [5, 5.41) is 3.28. The molecule has 3 heteroatoms. The molecule has 70 valence electrons. The molecule has 3 nitrogen and oxygen atoms in total. The Kier molecular flexibility index (Phi) is 1.51. The number of hydrogen-bond acceptors (Lipinski definition) is 3. The van der Waals surface area contributed by atoms with Crippen LogP contribution in [-0.4, -0.2) is 0 Å². The molecule has 0 amide bonds. The monoisotopic (exact) mass is 178 g/mol. The van der Waals surface area contributed by atoms with Crippen molar-refractivity contribution in [3.8, 4) is 0 Å². The van der Waals surface area contributed by atoms with Crippen LogP contribution in [0.3, 0.4) is 0 Å². The van der Waals surface area contributed by atoms with Gasteiger partial charge in [-0.15, -0.1) is 0 Å². The van der Waals surface area contributed by atoms with Crippen LogP contribution < -0.4 is 11.1 Å². The minimum absolute atomic E-state index is 0.631. The van der Waals surface area contributed by atoms with E-state index < -0.39 is 0 Å². The van der Waals surface area contributed by atoms with Gasteiger partial charge in [0.1, 0.15) is 11.5 Å². The van der Waals surface area contributed by atoms with E-state index in [9.17, 15) is 0 Å². The molecule has 1 aliphatic carbocycles. The van der Waals surface area contributed by atoms with Crippen LogP contribution in [0.15, 0.2) is 4.42 Å². The van der Waals surface area contributed by atoms with Gasteiger partial charge in [-0.2, -0.15) is 0 Å². The number of fused-ring (bicyclic) bond motifs is 1. The Morgan fingerprint density at radius 1 is 1.38 bits per heavy atom. The highest BCUT2D eigenvalue weighted by molar-refractivity contribution is 5.38. The average molecular weight is 178 g/mol. The topological polar surface area (TPSA) is 51.2 Å². The number of furan rings is 1. The fourth-order valence-corrected chi connectivity index (χ4v) is 2.12. The van der Waals surface area contributed by atoms with Crippen LogP contribution in [0.5, 0.6) is 0 Å². The largest absolute Gasteiger partial charge is 0.464 e. The first kappa shape index (κ1) is 7.59. The first-order valence-corrected chi connectivity index (χ1v) is 4.94. The van der Waals surface area contributed by atoms with Gasteiger partial charge in [0.25, 0.3) is 0 Å². The van der Waals surface area contributed by atoms with E-state index in [4.69, 9.17) is 10.2 Å². The van der Waals surface area contributed by atoms with Crippen LogP contribution in [0.2, 0.25) is 0 Å². The van der Waals surface area contributed by atoms with Gasteiger partial charge in [0, 0.05) is 30.1 Å². The molecule has 0 radical (unpaired) electrons. The lowest BCUT2D eigenvalue weighted by atomic mass is 10.1. The molecule has 3 rings (SSSR count). The molecular formula is C10H14N2O. The Balaban J connectivity index is 2.09. The van der Waals surface area contributed by atoms with Crippen molar-refractivity contribution < 1.29 is 4.42 Å². The Morgan fingerprint density at radius 3 is 2.92 bits per heavy atom. The van der Waals surface area contributed by atoms with Gasteiger partial charge in [-0.25, -0.2) is 0 Å². The van der Waals surface area contributed by atoms with Crippen LogP contribution in [0.25, 0.3) is 0 Å². The highest BCUT2D eigenvalue weighted by Crippen LogP contribution is 2.44. The maximum absolute atomic E-state index is 5.83. The molecule has 3 N–H and O–H groups in total. The highest BCUT2D eigenvalue weighted by Gasteiger charge is 2.33. The van der Waals surface area contributed by atoms with Gasteiger partial charge in [0.15, 0.2) is 0 Å². The quantitative estimate of drug-likeness (QED) is 0.716. The summed E-state index contributed by atoms with van der Waals surface area (Å²) in [4.78, 5) is 0. The summed E-state index contributed by atoms with van der Waals surface area (Å²) in [6, 6.07) is 0. The van der Waals surface area contributed by atoms with E-state index >= 15 is 0 Å². The van der Waals surface area contributed by atoms with Crippen molar-refractivity contribution in [1.82, 2.24) is 5.32 Å². The van der Waals surface area contributed by atoms with Crippen molar-refractivity contribution in [3.63, 3.8) is 0 Å². The van der Waals surface area contributed by atoms with Gasteiger partial charge in [-0.05, 0) is 12.8 Å². The lowest BCUT2D eigenvalue weighted by Crippen LogP contribution is -2.06. The fraction of sp³-hybridized carbons (Fsp3) is 0.600. The molecule has 0 bridgehead atoms. The summed E-state index contributed by atoms with van der Waals surface area (Å²) in [7, 11) is 0. The first-order valence-electron chi connectivity index (χ1n) is 4.94. The fourth-order valence-electron chi connectivity index (χ4n) is 2.12. The standard InChI is InChI=1S/C10H14N2O/c11-3-7-8-4-12-5-9(8)13-10(7)6-1-2-6/h6,12H,1-5,11H2. The van der Waals surface area contributed by atoms with E-state index in [0.29, 0.717) is 12.5 Å². The molecule has 1 saturated carbocycles. The van der Waals surface area contributed by atoms with Gasteiger partial charge >= 0.3 is 0 Å². The normalized spacial score (nSPS) is 20.7. The summed E-state index contributed by atoms with van der Waals surface area (Å²) in [6.07, 6.45) is 2.57. The molecule has 0 spiro atoms. The number of rotatable bonds is 2. The zero-order chi connectivity index (χ0) is 8.84. The van der Waals surface area contributed by atoms with Crippen molar-refractivity contribution >= 4 is 0 Å². The lowest BCUT2D eigenvalue weighted by molar-refractivity contribution is 0.459. The van der Waals surface area contributed by atoms with Crippen molar-refractivity contribution in [1.29, 1.82) is 0 Å². The van der Waals surface area contributed by atoms with Crippen LogP contribution in [-0.2, 0) is 19.6 Å². The van der Waals surface area contributed by atoms with E-state index in [1.54, 1.807) is 0 Å². The van der Waals surface area contributed by atoms with Crippen LogP contribution >= 0.6 is 0 Å². The Hall–Kier alpha value is -0.800. The molecule has 1 fully saturated rings. The van der Waals surface area contributed by atoms with E-state index in [2.05, 4.69) is 5.32 Å². The van der Waals surface area contributed by atoms with Crippen LogP contribution in [0, 0.1) is 0 Å². The van der Waals surface area contributed by atoms with Crippen molar-refractivity contribution in [2.45, 2.75) is 38.4 Å². The molecule has 0 saturated heterocycles. The molecule has 1 aromatic heterocycles. The molecule has 2 heterocycles. The molecule has 0 unspecified atom stereocenters. The van der Waals surface area contributed by atoms with Gasteiger partial charge < -0.3 is 15.5 Å². The highest BCUT2D eigenvalue weighted by atomic mass is 16.3. The second-order valence-corrected chi connectivity index (χ2v) is 3.93. The smallest absolute Gasteiger partial charge is 0.122 e. The van der Waals surface area contributed by atoms with Crippen LogP contribution in [0.4, 0.5) is 0 Å². The maximum Gasteiger partial charge on any atom is 0.122 e. The number of hydrogen-bond donors (Lipinski definition) is 2. The maximum atomic E-state index is 5.83. The van der Waals surface area contributed by atoms with Gasteiger partial charge in [0.2, 0.25) is 0 Å². The summed E-state index contributed by atoms with van der Waals surface area (Å²) in [5.74, 6) is 3.00. The summed E-state index contributed by atoms with van der Waals surface area (Å²) in [6.45, 7) is 2.46. The van der Waals surface area contributed by atoms with Crippen molar-refractivity contribution in [2.24, 2.45) is 5.73 Å². The predicted octanol–water partition coefficient (Wildman–Crippen LogP) is 1.22. The average Bonchev–Trinajstić information content (AvgIpc) is 2.76. The SMILES string of the molecule is NCc1c(C2CC2)oc2c1CNC2. The minimum Gasteiger partial charge on any atom is -0.464 e. The van der Waals surface area contributed by atoms with Crippen LogP contribution in [0.1, 0.15) is 41.4 Å². The molecule has 13 heavy (non-hydrogen) atoms. The second kappa shape index (κ2) is 2.59. The van der Waals surface area contributed by atoms with Crippen molar-refractivity contribution in [2.75, 3.05) is 0 Å². The van der Waals surface area contributed by atoms with Gasteiger partial charge in [-0.1, -0.05) is 0 Å². The first-order chi connectivity index (χ1) is 6.40. The summed E-state index contributed by atoms with van der Waals surface area (Å²) >= 11 is 0. The Bertz CT molecular complexity index is 339. The molecule has 2 aliphatic rings. The van der Waals surface area contributed by atoms with Gasteiger partial charge in [-0.3, -0.25) is 0 Å². The Labute approximate surface area is 77.3 Å². The summed E-state index contributed by atoms with van der Waals surface area (Å²) < 4.78 is 5.83. The van der Waals surface area contributed by atoms with E-state index in [1.165, 1.54) is 29.7 Å². The molecule has 1 aromatic rings. The lowest BCUT2D eigenvalue weighted by Gasteiger charge is -1.99. The van der Waals surface area contributed by atoms with E-state index in [0.717, 1.165) is 18.8 Å². The third-order valence-corrected chi connectivity index (χ3v) is 2.97. The number of nitrogens with two attached hydrogens (primary N) is 1. The summed E-state index contributed by atoms with van der Waals surface area (Å²) in [5.41, 5.74) is 8.36. The Morgan fingerprint density at radius 2 is 2.23 bits per heavy atom. The number of nitrogens with one attached hydrogen (secondary N) is 1. The minimum atomic E-state index is 0.631. The zero-order valence-electron chi connectivity index (χ0n) is 7.60. The zero-order valence-corrected chi connectivity index (χ0v) is 7.60. The molecule has 0 atom stereocenters. The van der Waals surface area contributed by atoms with E-state index in [-0.39, 0.29) is 0 Å². The van der Waals surface area contributed by atoms with Crippen molar-refractivity contribution in [3.05, 3.63) is 22.6 Å². The predicted molar refractivity (Wildman–Crippen MR) is 49.1 cm³/mol. The molecule has 1 aliphatic heterocycles. The second-order valence-electron chi connectivity index (χ2n) is 3.93.